The van der Waals surface area contributed by atoms with E-state index < -0.39 is 5.97 Å². The van der Waals surface area contributed by atoms with Crippen molar-refractivity contribution >= 4 is 8.41 Å². The van der Waals surface area contributed by atoms with Gasteiger partial charge in [0.25, 0.3) is 0 Å². The van der Waals surface area contributed by atoms with Crippen LogP contribution >= 0.6 is 0 Å². The molecule has 0 aromatic heterocycles. The Kier molecular flexibility index (Phi) is 5.21. The molecule has 0 fully saturated rings. The smallest absolute Gasteiger partial charge is 0.327 e. The predicted octanol–water partition coefficient (Wildman–Crippen LogP) is -3.57. The van der Waals surface area contributed by atoms with E-state index in [1.807, 2.05) is 0 Å². The van der Waals surface area contributed by atoms with Crippen LogP contribution in [-0.4, -0.2) is 43.3 Å². The molecule has 5 heteroatoms. The molecule has 0 aliphatic carbocycles. The molecule has 0 atom stereocenters. The Morgan fingerprint density at radius 2 is 1.75 bits per heavy atom. The Balaban J connectivity index is 0. The minimum atomic E-state index is -2.51. The van der Waals surface area contributed by atoms with Gasteiger partial charge in [0.2, 0.25) is 0 Å². The van der Waals surface area contributed by atoms with E-state index in [9.17, 15) is 0 Å². The molecule has 0 rings (SSSR count). The van der Waals surface area contributed by atoms with Crippen molar-refractivity contribution in [3.05, 3.63) is 0 Å². The van der Waals surface area contributed by atoms with Gasteiger partial charge in [-0.1, -0.05) is 0 Å². The fourth-order valence-electron chi connectivity index (χ4n) is 0.274. The lowest BCUT2D eigenvalue weighted by Gasteiger charge is -2.08. The lowest BCUT2D eigenvalue weighted by Crippen LogP contribution is -2.84. The summed E-state index contributed by atoms with van der Waals surface area (Å²) < 4.78 is 0. The summed E-state index contributed by atoms with van der Waals surface area (Å²) in [7, 11) is 1.62. The summed E-state index contributed by atoms with van der Waals surface area (Å²) >= 11 is 0. The largest absolute Gasteiger partial charge is 1.00 e. The van der Waals surface area contributed by atoms with Gasteiger partial charge in [-0.05, 0) is 0 Å². The topological polar surface area (TPSA) is 77.3 Å². The van der Waals surface area contributed by atoms with Gasteiger partial charge >= 0.3 is 5.97 Å². The van der Waals surface area contributed by atoms with E-state index in [4.69, 9.17) is 15.3 Å². The van der Waals surface area contributed by atoms with Gasteiger partial charge < -0.3 is 29.0 Å². The summed E-state index contributed by atoms with van der Waals surface area (Å²) in [6.45, 7) is -0.118. The fraction of sp³-hybridized carbons (Fsp3) is 1.00. The van der Waals surface area contributed by atoms with Crippen LogP contribution in [0, 0.1) is 0 Å². The van der Waals surface area contributed by atoms with Gasteiger partial charge in [0.1, 0.15) is 0 Å². The second-order valence-electron chi connectivity index (χ2n) is 1.39. The van der Waals surface area contributed by atoms with Crippen molar-refractivity contribution in [3.63, 3.8) is 0 Å². The van der Waals surface area contributed by atoms with E-state index >= 15 is 0 Å². The van der Waals surface area contributed by atoms with Gasteiger partial charge in [0.15, 0.2) is 6.54 Å². The van der Waals surface area contributed by atoms with Crippen LogP contribution in [0.1, 0.15) is 0 Å². The van der Waals surface area contributed by atoms with Crippen molar-refractivity contribution < 1.29 is 20.6 Å². The Hall–Kier alpha value is -0.0951. The molecule has 0 spiro atoms. The van der Waals surface area contributed by atoms with Crippen LogP contribution in [0.15, 0.2) is 0 Å². The predicted molar refractivity (Wildman–Crippen MR) is 27.9 cm³/mol. The van der Waals surface area contributed by atoms with Gasteiger partial charge in [-0.25, -0.2) is 0 Å². The highest BCUT2D eigenvalue weighted by Crippen LogP contribution is 1.81. The second kappa shape index (κ2) is 3.85. The van der Waals surface area contributed by atoms with Crippen LogP contribution in [0.5, 0.6) is 0 Å². The third kappa shape index (κ3) is 9.32. The lowest BCUT2D eigenvalue weighted by atomic mass is 10.6. The first-order chi connectivity index (χ1) is 3.06. The minimum absolute atomic E-state index is 0. The highest BCUT2D eigenvalue weighted by atomic mass is 16.7. The van der Waals surface area contributed by atoms with Gasteiger partial charge in [0.05, 0.1) is 7.05 Å². The summed E-state index contributed by atoms with van der Waals surface area (Å²) in [5, 5.41) is 25.8. The van der Waals surface area contributed by atoms with Crippen molar-refractivity contribution in [2.45, 2.75) is 5.97 Å². The fourth-order valence-corrected chi connectivity index (χ4v) is 0.274. The molecule has 0 amide bonds. The first kappa shape index (κ1) is 10.8. The molecule has 0 aliphatic rings. The monoisotopic (exact) mass is 119 g/mol. The Bertz CT molecular complexity index is 53.0. The highest BCUT2D eigenvalue weighted by molar-refractivity contribution is 5.75. The number of aliphatic hydroxyl groups is 3. The number of nitrogens with two attached hydrogens (primary N) is 1. The molecule has 4 nitrogen and oxygen atoms in total. The molecule has 0 heterocycles. The second-order valence-corrected chi connectivity index (χ2v) is 1.39. The summed E-state index contributed by atoms with van der Waals surface area (Å²) in [4.78, 5) is 0. The molecule has 4 radical (unpaired) electrons. The minimum Gasteiger partial charge on any atom is -1.00 e. The maximum Gasteiger partial charge on any atom is 0.327 e. The Morgan fingerprint density at radius 3 is 1.75 bits per heavy atom. The molecular formula is C3H10BNO3. The van der Waals surface area contributed by atoms with Gasteiger partial charge in [-0.3, -0.25) is 0 Å². The maximum atomic E-state index is 8.10. The first-order valence-electron chi connectivity index (χ1n) is 2.01. The van der Waals surface area contributed by atoms with E-state index in [2.05, 4.69) is 0 Å². The zero-order valence-electron chi connectivity index (χ0n) is 4.70. The Labute approximate surface area is 49.7 Å². The molecular weight excluding hydrogens is 109 g/mol. The van der Waals surface area contributed by atoms with Crippen molar-refractivity contribution in [3.8, 4) is 0 Å². The Morgan fingerprint density at radius 1 is 1.38 bits per heavy atom. The zero-order valence-corrected chi connectivity index (χ0v) is 4.70. The van der Waals surface area contributed by atoms with Gasteiger partial charge in [-0.15, -0.1) is 0 Å². The van der Waals surface area contributed by atoms with Gasteiger partial charge in [-0.2, -0.15) is 0 Å². The normalized spacial score (nSPS) is 10.5. The molecule has 8 heavy (non-hydrogen) atoms. The number of hydrogen-bond donors (Lipinski definition) is 4. The third-order valence-corrected chi connectivity index (χ3v) is 0.478. The summed E-state index contributed by atoms with van der Waals surface area (Å²) in [6.07, 6.45) is 0. The average molecular weight is 119 g/mol. The van der Waals surface area contributed by atoms with Crippen LogP contribution in [0.2, 0.25) is 0 Å². The highest BCUT2D eigenvalue weighted by Gasteiger charge is 2.18. The quantitative estimate of drug-likeness (QED) is 0.224. The maximum absolute atomic E-state index is 8.10. The molecule has 48 valence electrons. The van der Waals surface area contributed by atoms with E-state index in [1.54, 1.807) is 7.05 Å². The molecule has 0 unspecified atom stereocenters. The van der Waals surface area contributed by atoms with Crippen LogP contribution in [0.3, 0.4) is 0 Å². The summed E-state index contributed by atoms with van der Waals surface area (Å²) in [6, 6.07) is 0. The SMILES string of the molecule is C[NH2+]CC(O)(O)O.[B-]. The molecule has 0 saturated carbocycles. The average Bonchev–Trinajstić information content (AvgIpc) is 1.30. The van der Waals surface area contributed by atoms with Crippen molar-refractivity contribution in [2.24, 2.45) is 0 Å². The number of hydrogen-bond acceptors (Lipinski definition) is 3. The first-order valence-corrected chi connectivity index (χ1v) is 2.01. The third-order valence-electron chi connectivity index (χ3n) is 0.478. The molecule has 0 saturated heterocycles. The molecule has 0 aliphatic heterocycles. The van der Waals surface area contributed by atoms with Crippen LogP contribution in [0.25, 0.3) is 0 Å². The number of rotatable bonds is 2. The van der Waals surface area contributed by atoms with Crippen LogP contribution in [0.4, 0.5) is 0 Å². The van der Waals surface area contributed by atoms with Crippen LogP contribution in [-0.2, 0) is 0 Å². The van der Waals surface area contributed by atoms with Crippen molar-refractivity contribution in [1.29, 1.82) is 0 Å². The van der Waals surface area contributed by atoms with E-state index in [-0.39, 0.29) is 15.0 Å². The molecule has 0 aromatic rings. The number of likely N-dealkylation sites (N-methyl/N-ethyl adjacent to an activating group) is 1. The summed E-state index contributed by atoms with van der Waals surface area (Å²) in [5.41, 5.74) is 0. The van der Waals surface area contributed by atoms with Crippen LogP contribution < -0.4 is 5.32 Å². The van der Waals surface area contributed by atoms with Gasteiger partial charge in [0, 0.05) is 0 Å². The standard InChI is InChI=1S/C3H9NO3.B/c1-4-2-3(5,6)7;/h4-7H,2H2,1H3;/q;-1/p+1. The van der Waals surface area contributed by atoms with E-state index in [0.717, 1.165) is 0 Å². The van der Waals surface area contributed by atoms with E-state index in [0.29, 0.717) is 0 Å². The zero-order chi connectivity index (χ0) is 5.91. The molecule has 5 N–H and O–H groups in total. The molecule has 0 bridgehead atoms. The van der Waals surface area contributed by atoms with Crippen molar-refractivity contribution in [2.75, 3.05) is 13.6 Å². The summed E-state index contributed by atoms with van der Waals surface area (Å²) in [5.74, 6) is -2.51. The van der Waals surface area contributed by atoms with Crippen molar-refractivity contribution in [1.82, 2.24) is 0 Å². The lowest BCUT2D eigenvalue weighted by molar-refractivity contribution is -0.664. The number of quaternary nitrogens is 1. The van der Waals surface area contributed by atoms with E-state index in [1.165, 1.54) is 5.32 Å². The molecule has 0 aromatic carbocycles.